The van der Waals surface area contributed by atoms with Gasteiger partial charge in [-0.3, -0.25) is 0 Å². The summed E-state index contributed by atoms with van der Waals surface area (Å²) in [5.41, 5.74) is 7.08. The normalized spacial score (nSPS) is 10.2. The Morgan fingerprint density at radius 1 is 1.06 bits per heavy atom. The first-order valence-electron chi connectivity index (χ1n) is 5.19. The minimum Gasteiger partial charge on any atom is -0.397 e. The molecule has 0 radical (unpaired) electrons. The molecule has 0 fully saturated rings. The van der Waals surface area contributed by atoms with Crippen molar-refractivity contribution in [3.63, 3.8) is 0 Å². The van der Waals surface area contributed by atoms with Crippen LogP contribution in [-0.4, -0.2) is 0 Å². The second kappa shape index (κ2) is 4.82. The highest BCUT2D eigenvalue weighted by Crippen LogP contribution is 2.20. The molecule has 2 rings (SSSR count). The van der Waals surface area contributed by atoms with E-state index in [-0.39, 0.29) is 18.2 Å². The molecule has 3 N–H and O–H groups in total. The predicted octanol–water partition coefficient (Wildman–Crippen LogP) is 3.16. The number of hydrogen-bond donors (Lipinski definition) is 2. The molecule has 0 saturated heterocycles. The molecule has 0 atom stereocenters. The molecule has 0 heterocycles. The van der Waals surface area contributed by atoms with Gasteiger partial charge in [-0.1, -0.05) is 18.2 Å². The Hall–Kier alpha value is -2.10. The van der Waals surface area contributed by atoms with E-state index in [1.165, 1.54) is 24.3 Å². The van der Waals surface area contributed by atoms with Crippen LogP contribution in [0.4, 0.5) is 20.2 Å². The van der Waals surface area contributed by atoms with Gasteiger partial charge in [0.05, 0.1) is 11.4 Å². The van der Waals surface area contributed by atoms with Crippen molar-refractivity contribution < 1.29 is 8.78 Å². The van der Waals surface area contributed by atoms with Crippen LogP contribution in [0, 0.1) is 11.6 Å². The number of nitrogens with two attached hydrogens (primary N) is 1. The topological polar surface area (TPSA) is 38.0 Å². The summed E-state index contributed by atoms with van der Waals surface area (Å²) in [5, 5.41) is 2.91. The minimum atomic E-state index is -0.379. The van der Waals surface area contributed by atoms with Crippen molar-refractivity contribution in [3.8, 4) is 0 Å². The Bertz CT molecular complexity index is 527. The third-order valence-corrected chi connectivity index (χ3v) is 2.44. The van der Waals surface area contributed by atoms with Crippen LogP contribution in [0.3, 0.4) is 0 Å². The van der Waals surface area contributed by atoms with Gasteiger partial charge in [0, 0.05) is 12.1 Å². The highest BCUT2D eigenvalue weighted by molar-refractivity contribution is 5.65. The van der Waals surface area contributed by atoms with Crippen LogP contribution in [0.2, 0.25) is 0 Å². The highest BCUT2D eigenvalue weighted by Gasteiger charge is 2.03. The Labute approximate surface area is 98.1 Å². The first-order chi connectivity index (χ1) is 8.16. The van der Waals surface area contributed by atoms with E-state index in [9.17, 15) is 8.78 Å². The van der Waals surface area contributed by atoms with Crippen LogP contribution in [0.25, 0.3) is 0 Å². The zero-order chi connectivity index (χ0) is 12.3. The maximum absolute atomic E-state index is 13.3. The smallest absolute Gasteiger partial charge is 0.128 e. The van der Waals surface area contributed by atoms with Crippen LogP contribution in [0.1, 0.15) is 5.56 Å². The van der Waals surface area contributed by atoms with Gasteiger partial charge >= 0.3 is 0 Å². The monoisotopic (exact) mass is 234 g/mol. The molecule has 2 nitrogen and oxygen atoms in total. The third-order valence-electron chi connectivity index (χ3n) is 2.44. The van der Waals surface area contributed by atoms with E-state index in [1.54, 1.807) is 18.2 Å². The van der Waals surface area contributed by atoms with Crippen molar-refractivity contribution in [2.45, 2.75) is 6.54 Å². The summed E-state index contributed by atoms with van der Waals surface area (Å²) in [6.45, 7) is 0.264. The average molecular weight is 234 g/mol. The van der Waals surface area contributed by atoms with E-state index in [2.05, 4.69) is 5.32 Å². The Kier molecular flexibility index (Phi) is 3.23. The van der Waals surface area contributed by atoms with Gasteiger partial charge in [0.2, 0.25) is 0 Å². The average Bonchev–Trinajstić information content (AvgIpc) is 2.32. The standard InChI is InChI=1S/C13H12F2N2/c14-10-5-6-12(16)13(7-10)17-8-9-3-1-2-4-11(9)15/h1-7,17H,8,16H2. The maximum Gasteiger partial charge on any atom is 0.128 e. The Morgan fingerprint density at radius 2 is 1.82 bits per heavy atom. The fourth-order valence-electron chi connectivity index (χ4n) is 1.51. The van der Waals surface area contributed by atoms with Crippen LogP contribution < -0.4 is 11.1 Å². The van der Waals surface area contributed by atoms with Gasteiger partial charge in [-0.05, 0) is 24.3 Å². The molecule has 0 aliphatic carbocycles. The van der Waals surface area contributed by atoms with Gasteiger partial charge in [0.15, 0.2) is 0 Å². The second-order valence-corrected chi connectivity index (χ2v) is 3.68. The molecule has 0 aliphatic heterocycles. The molecule has 2 aromatic carbocycles. The van der Waals surface area contributed by atoms with Gasteiger partial charge in [-0.2, -0.15) is 0 Å². The lowest BCUT2D eigenvalue weighted by Crippen LogP contribution is -2.04. The molecule has 0 saturated carbocycles. The number of halogens is 2. The van der Waals surface area contributed by atoms with E-state index >= 15 is 0 Å². The summed E-state index contributed by atoms with van der Waals surface area (Å²) in [7, 11) is 0. The summed E-state index contributed by atoms with van der Waals surface area (Å²) in [6.07, 6.45) is 0. The lowest BCUT2D eigenvalue weighted by Gasteiger charge is -2.09. The third kappa shape index (κ3) is 2.72. The van der Waals surface area contributed by atoms with Gasteiger partial charge < -0.3 is 11.1 Å². The summed E-state index contributed by atoms with van der Waals surface area (Å²) >= 11 is 0. The number of nitrogens with one attached hydrogen (secondary N) is 1. The summed E-state index contributed by atoms with van der Waals surface area (Å²) in [5.74, 6) is -0.676. The van der Waals surface area contributed by atoms with Crippen molar-refractivity contribution in [3.05, 3.63) is 59.7 Å². The summed E-state index contributed by atoms with van der Waals surface area (Å²) < 4.78 is 26.3. The predicted molar refractivity (Wildman–Crippen MR) is 64.5 cm³/mol. The highest BCUT2D eigenvalue weighted by atomic mass is 19.1. The molecule has 88 valence electrons. The zero-order valence-corrected chi connectivity index (χ0v) is 9.08. The van der Waals surface area contributed by atoms with Crippen LogP contribution in [0.5, 0.6) is 0 Å². The van der Waals surface area contributed by atoms with E-state index in [0.29, 0.717) is 16.9 Å². The van der Waals surface area contributed by atoms with E-state index < -0.39 is 0 Å². The number of hydrogen-bond acceptors (Lipinski definition) is 2. The molecule has 17 heavy (non-hydrogen) atoms. The second-order valence-electron chi connectivity index (χ2n) is 3.68. The molecule has 0 unspecified atom stereocenters. The van der Waals surface area contributed by atoms with Crippen molar-refractivity contribution in [2.24, 2.45) is 0 Å². The Balaban J connectivity index is 2.12. The van der Waals surface area contributed by atoms with E-state index in [1.807, 2.05) is 0 Å². The molecule has 2 aromatic rings. The van der Waals surface area contributed by atoms with Gasteiger partial charge in [-0.25, -0.2) is 8.78 Å². The molecule has 0 aliphatic rings. The lowest BCUT2D eigenvalue weighted by atomic mass is 10.2. The molecular formula is C13H12F2N2. The van der Waals surface area contributed by atoms with Crippen molar-refractivity contribution in [1.29, 1.82) is 0 Å². The zero-order valence-electron chi connectivity index (χ0n) is 9.08. The SMILES string of the molecule is Nc1ccc(F)cc1NCc1ccccc1F. The van der Waals surface area contributed by atoms with Crippen molar-refractivity contribution in [2.75, 3.05) is 11.1 Å². The van der Waals surface area contributed by atoms with E-state index in [4.69, 9.17) is 5.73 Å². The van der Waals surface area contributed by atoms with Crippen LogP contribution in [-0.2, 0) is 6.54 Å². The van der Waals surface area contributed by atoms with Crippen molar-refractivity contribution in [1.82, 2.24) is 0 Å². The molecule has 0 spiro atoms. The molecule has 0 amide bonds. The summed E-state index contributed by atoms with van der Waals surface area (Å²) in [4.78, 5) is 0. The van der Waals surface area contributed by atoms with Gasteiger partial charge in [-0.15, -0.1) is 0 Å². The molecule has 4 heteroatoms. The van der Waals surface area contributed by atoms with Crippen molar-refractivity contribution >= 4 is 11.4 Å². The van der Waals surface area contributed by atoms with Crippen LogP contribution >= 0.6 is 0 Å². The quantitative estimate of drug-likeness (QED) is 0.800. The van der Waals surface area contributed by atoms with Gasteiger partial charge in [0.25, 0.3) is 0 Å². The molecular weight excluding hydrogens is 222 g/mol. The number of benzene rings is 2. The molecule has 0 bridgehead atoms. The van der Waals surface area contributed by atoms with Gasteiger partial charge in [0.1, 0.15) is 11.6 Å². The number of anilines is 2. The molecule has 0 aromatic heterocycles. The fraction of sp³-hybridized carbons (Fsp3) is 0.0769. The first kappa shape index (κ1) is 11.4. The number of nitrogen functional groups attached to an aromatic ring is 1. The van der Waals surface area contributed by atoms with Crippen LogP contribution in [0.15, 0.2) is 42.5 Å². The first-order valence-corrected chi connectivity index (χ1v) is 5.19. The fourth-order valence-corrected chi connectivity index (χ4v) is 1.51. The minimum absolute atomic E-state index is 0.264. The van der Waals surface area contributed by atoms with E-state index in [0.717, 1.165) is 0 Å². The largest absolute Gasteiger partial charge is 0.397 e. The maximum atomic E-state index is 13.3. The summed E-state index contributed by atoms with van der Waals surface area (Å²) in [6, 6.07) is 10.5. The lowest BCUT2D eigenvalue weighted by molar-refractivity contribution is 0.612. The number of rotatable bonds is 3. The Morgan fingerprint density at radius 3 is 2.59 bits per heavy atom.